The molecule has 0 bridgehead atoms. The molecule has 0 saturated carbocycles. The van der Waals surface area contributed by atoms with Crippen molar-refractivity contribution in [3.8, 4) is 11.5 Å². The van der Waals surface area contributed by atoms with Crippen LogP contribution in [0.5, 0.6) is 0 Å². The maximum absolute atomic E-state index is 10.8. The van der Waals surface area contributed by atoms with Crippen LogP contribution in [0.25, 0.3) is 11.2 Å². The molecule has 29 heavy (non-hydrogen) atoms. The van der Waals surface area contributed by atoms with Crippen molar-refractivity contribution in [3.05, 3.63) is 10.2 Å². The Bertz CT molecular complexity index is 1010. The number of nitrogen functional groups attached to an aromatic ring is 1. The number of hydrogen-bond acceptors (Lipinski definition) is 8. The van der Waals surface area contributed by atoms with E-state index in [1.807, 2.05) is 18.4 Å². The Morgan fingerprint density at radius 2 is 1.97 bits per heavy atom. The van der Waals surface area contributed by atoms with E-state index in [4.69, 9.17) is 19.9 Å². The Morgan fingerprint density at radius 3 is 2.66 bits per heavy atom. The van der Waals surface area contributed by atoms with Gasteiger partial charge in [-0.05, 0) is 13.8 Å². The van der Waals surface area contributed by atoms with E-state index >= 15 is 0 Å². The summed E-state index contributed by atoms with van der Waals surface area (Å²) in [6, 6.07) is 0. The van der Waals surface area contributed by atoms with Gasteiger partial charge >= 0.3 is 0 Å². The fourth-order valence-corrected chi connectivity index (χ4v) is 4.89. The van der Waals surface area contributed by atoms with E-state index in [-0.39, 0.29) is 0 Å². The number of aromatic nitrogens is 4. The van der Waals surface area contributed by atoms with E-state index in [1.165, 1.54) is 6.33 Å². The van der Waals surface area contributed by atoms with E-state index in [1.54, 1.807) is 0 Å². The van der Waals surface area contributed by atoms with Crippen molar-refractivity contribution in [3.63, 3.8) is 0 Å². The zero-order valence-electron chi connectivity index (χ0n) is 16.9. The first kappa shape index (κ1) is 20.9. The topological polar surface area (TPSA) is 118 Å². The number of aliphatic hydroxyl groups is 1. The minimum Gasteiger partial charge on any atom is -0.382 e. The second-order valence-corrected chi connectivity index (χ2v) is 14.4. The first-order valence-corrected chi connectivity index (χ1v) is 13.9. The number of hydrogen-bond donors (Lipinski definition) is 2. The molecule has 2 saturated heterocycles. The molecule has 11 heteroatoms. The van der Waals surface area contributed by atoms with Crippen LogP contribution >= 0.6 is 22.6 Å². The minimum absolute atomic E-state index is 0.294. The first-order chi connectivity index (χ1) is 13.5. The number of fused-ring (bicyclic) bond motifs is 2. The van der Waals surface area contributed by atoms with Crippen molar-refractivity contribution in [2.45, 2.75) is 69.9 Å². The number of nitrogens with two attached hydrogens (primary N) is 1. The highest BCUT2D eigenvalue weighted by atomic mass is 127. The Balaban J connectivity index is 1.75. The first-order valence-electron chi connectivity index (χ1n) is 9.33. The van der Waals surface area contributed by atoms with Crippen LogP contribution in [0.2, 0.25) is 19.6 Å². The molecule has 5 atom stereocenters. The SMILES string of the molecule is CC1(C)O[C@H]2[C@@H](O1)[C@H](n1c(I)nc3c(N)ncnc31)O[C@@H]2[C@H](O)C#C[Si](C)(C)C. The van der Waals surface area contributed by atoms with Gasteiger partial charge < -0.3 is 25.1 Å². The van der Waals surface area contributed by atoms with E-state index < -0.39 is 44.5 Å². The molecule has 4 heterocycles. The molecule has 0 unspecified atom stereocenters. The molecule has 0 aliphatic carbocycles. The highest BCUT2D eigenvalue weighted by molar-refractivity contribution is 14.1. The lowest BCUT2D eigenvalue weighted by molar-refractivity contribution is -0.203. The minimum atomic E-state index is -1.65. The van der Waals surface area contributed by atoms with Crippen LogP contribution in [0.15, 0.2) is 6.33 Å². The molecule has 0 aromatic carbocycles. The fraction of sp³-hybridized carbons (Fsp3) is 0.611. The number of anilines is 1. The third-order valence-electron chi connectivity index (χ3n) is 4.69. The van der Waals surface area contributed by atoms with Crippen LogP contribution in [0.1, 0.15) is 20.1 Å². The molecular formula is C18H24IN5O4Si. The lowest BCUT2D eigenvalue weighted by atomic mass is 10.1. The van der Waals surface area contributed by atoms with Crippen molar-refractivity contribution < 1.29 is 19.3 Å². The van der Waals surface area contributed by atoms with Gasteiger partial charge in [0.25, 0.3) is 0 Å². The van der Waals surface area contributed by atoms with E-state index in [2.05, 4.69) is 68.6 Å². The molecule has 2 aromatic rings. The molecule has 2 fully saturated rings. The summed E-state index contributed by atoms with van der Waals surface area (Å²) < 4.78 is 20.9. The van der Waals surface area contributed by atoms with Crippen LogP contribution in [-0.4, -0.2) is 62.9 Å². The maximum Gasteiger partial charge on any atom is 0.175 e. The zero-order valence-corrected chi connectivity index (χ0v) is 20.0. The van der Waals surface area contributed by atoms with Gasteiger partial charge in [0.05, 0.1) is 0 Å². The lowest BCUT2D eigenvalue weighted by Gasteiger charge is -2.26. The predicted molar refractivity (Wildman–Crippen MR) is 117 cm³/mol. The molecule has 0 amide bonds. The maximum atomic E-state index is 10.8. The van der Waals surface area contributed by atoms with E-state index in [0.29, 0.717) is 20.8 Å². The average Bonchev–Trinajstić information content (AvgIpc) is 3.21. The molecule has 2 aliphatic heterocycles. The molecule has 156 valence electrons. The van der Waals surface area contributed by atoms with Gasteiger partial charge in [-0.2, -0.15) is 0 Å². The van der Waals surface area contributed by atoms with Crippen molar-refractivity contribution in [2.24, 2.45) is 0 Å². The predicted octanol–water partition coefficient (Wildman–Crippen LogP) is 1.67. The third kappa shape index (κ3) is 3.89. The zero-order chi connectivity index (χ0) is 21.1. The summed E-state index contributed by atoms with van der Waals surface area (Å²) in [6.07, 6.45) is -1.80. The van der Waals surface area contributed by atoms with E-state index in [9.17, 15) is 5.11 Å². The normalized spacial score (nSPS) is 29.5. The standard InChI is InChI=1S/C18H24IN5O4Si/c1-18(2)27-12-11(9(25)6-7-29(3,4)5)26-16(13(12)28-18)24-15-10(23-17(24)19)14(20)21-8-22-15/h8-9,11-13,16,25H,1-5H3,(H2,20,21,22)/t9-,11-,12-,13-,16-/m1/s1. The lowest BCUT2D eigenvalue weighted by Crippen LogP contribution is -2.38. The van der Waals surface area contributed by atoms with Gasteiger partial charge in [-0.3, -0.25) is 4.57 Å². The van der Waals surface area contributed by atoms with Crippen LogP contribution < -0.4 is 5.73 Å². The van der Waals surface area contributed by atoms with Gasteiger partial charge in [-0.25, -0.2) is 15.0 Å². The number of rotatable bonds is 2. The Morgan fingerprint density at radius 1 is 1.28 bits per heavy atom. The van der Waals surface area contributed by atoms with Crippen molar-refractivity contribution >= 4 is 47.6 Å². The quantitative estimate of drug-likeness (QED) is 0.261. The fourth-order valence-electron chi connectivity index (χ4n) is 3.57. The second kappa shape index (κ2) is 7.14. The highest BCUT2D eigenvalue weighted by Crippen LogP contribution is 2.45. The number of nitrogens with zero attached hydrogens (tertiary/aromatic N) is 4. The van der Waals surface area contributed by atoms with Crippen LogP contribution in [0, 0.1) is 15.3 Å². The summed E-state index contributed by atoms with van der Waals surface area (Å²) in [6.45, 7) is 10.1. The van der Waals surface area contributed by atoms with Gasteiger partial charge in [0.15, 0.2) is 32.8 Å². The number of aliphatic hydroxyl groups excluding tert-OH is 1. The van der Waals surface area contributed by atoms with Crippen molar-refractivity contribution in [2.75, 3.05) is 5.73 Å². The molecule has 3 N–H and O–H groups in total. The molecule has 2 aromatic heterocycles. The number of ether oxygens (including phenoxy) is 3. The van der Waals surface area contributed by atoms with Gasteiger partial charge in [-0.15, -0.1) is 5.54 Å². The van der Waals surface area contributed by atoms with E-state index in [0.717, 1.165) is 0 Å². The molecule has 0 radical (unpaired) electrons. The molecule has 9 nitrogen and oxygen atoms in total. The summed E-state index contributed by atoms with van der Waals surface area (Å²) in [5.41, 5.74) is 10.2. The van der Waals surface area contributed by atoms with Gasteiger partial charge in [0, 0.05) is 22.6 Å². The van der Waals surface area contributed by atoms with Gasteiger partial charge in [0.2, 0.25) is 0 Å². The third-order valence-corrected chi connectivity index (χ3v) is 6.34. The summed E-state index contributed by atoms with van der Waals surface area (Å²) in [4.78, 5) is 12.8. The summed E-state index contributed by atoms with van der Waals surface area (Å²) in [5.74, 6) is 2.45. The largest absolute Gasteiger partial charge is 0.382 e. The highest BCUT2D eigenvalue weighted by Gasteiger charge is 2.58. The summed E-state index contributed by atoms with van der Waals surface area (Å²) in [5, 5.41) is 10.8. The number of imidazole rings is 1. The average molecular weight is 529 g/mol. The van der Waals surface area contributed by atoms with Crippen molar-refractivity contribution in [1.82, 2.24) is 19.5 Å². The smallest absolute Gasteiger partial charge is 0.175 e. The molecule has 2 aliphatic rings. The Labute approximate surface area is 183 Å². The summed E-state index contributed by atoms with van der Waals surface area (Å²) >= 11 is 2.10. The van der Waals surface area contributed by atoms with Crippen LogP contribution in [-0.2, 0) is 14.2 Å². The Kier molecular flexibility index (Phi) is 5.16. The molecular weight excluding hydrogens is 505 g/mol. The molecule has 0 spiro atoms. The summed E-state index contributed by atoms with van der Waals surface area (Å²) in [7, 11) is -1.65. The Hall–Kier alpha value is -1.30. The monoisotopic (exact) mass is 529 g/mol. The molecule has 4 rings (SSSR count). The number of halogens is 1. The van der Waals surface area contributed by atoms with Gasteiger partial charge in [-0.1, -0.05) is 25.6 Å². The van der Waals surface area contributed by atoms with Crippen molar-refractivity contribution in [1.29, 1.82) is 0 Å². The van der Waals surface area contributed by atoms with Crippen LogP contribution in [0.4, 0.5) is 5.82 Å². The second-order valence-electron chi connectivity index (χ2n) is 8.70. The van der Waals surface area contributed by atoms with Crippen LogP contribution in [0.3, 0.4) is 0 Å². The van der Waals surface area contributed by atoms with Gasteiger partial charge in [0.1, 0.15) is 38.8 Å².